The maximum Gasteiger partial charge on any atom is 0.0802 e. The minimum Gasteiger partial charge on any atom is -0.390 e. The molecule has 0 spiro atoms. The molecule has 0 amide bonds. The second kappa shape index (κ2) is 4.69. The summed E-state index contributed by atoms with van der Waals surface area (Å²) < 4.78 is 4.96. The number of hydrogen-bond donors (Lipinski definition) is 1. The molecule has 0 radical (unpaired) electrons. The molecule has 2 atom stereocenters. The van der Waals surface area contributed by atoms with E-state index in [0.29, 0.717) is 5.92 Å². The van der Waals surface area contributed by atoms with Crippen molar-refractivity contribution in [2.24, 2.45) is 5.92 Å². The topological polar surface area (TPSA) is 29.5 Å². The Balaban J connectivity index is 3.50. The van der Waals surface area contributed by atoms with Crippen LogP contribution in [0.15, 0.2) is 0 Å². The summed E-state index contributed by atoms with van der Waals surface area (Å²) in [4.78, 5) is 0. The molecule has 2 heteroatoms. The van der Waals surface area contributed by atoms with Crippen LogP contribution >= 0.6 is 0 Å². The average molecular weight is 146 g/mol. The molecule has 0 heterocycles. The van der Waals surface area contributed by atoms with Gasteiger partial charge in [-0.25, -0.2) is 0 Å². The van der Waals surface area contributed by atoms with Crippen LogP contribution < -0.4 is 0 Å². The molecule has 0 aromatic rings. The molecule has 0 rings (SSSR count). The van der Waals surface area contributed by atoms with Crippen molar-refractivity contribution < 1.29 is 9.84 Å². The van der Waals surface area contributed by atoms with Crippen LogP contribution in [0.3, 0.4) is 0 Å². The first-order valence-corrected chi connectivity index (χ1v) is 3.78. The maximum absolute atomic E-state index is 9.36. The highest BCUT2D eigenvalue weighted by molar-refractivity contribution is 4.64. The van der Waals surface area contributed by atoms with E-state index >= 15 is 0 Å². The maximum atomic E-state index is 9.36. The average Bonchev–Trinajstić information content (AvgIpc) is 1.85. The zero-order valence-corrected chi connectivity index (χ0v) is 7.29. The second-order valence-electron chi connectivity index (χ2n) is 3.14. The van der Waals surface area contributed by atoms with Crippen LogP contribution in [0, 0.1) is 5.92 Å². The van der Waals surface area contributed by atoms with Crippen LogP contribution in [0.2, 0.25) is 0 Å². The Hall–Kier alpha value is -0.0800. The molecule has 0 saturated carbocycles. The van der Waals surface area contributed by atoms with Crippen molar-refractivity contribution in [2.75, 3.05) is 7.11 Å². The summed E-state index contributed by atoms with van der Waals surface area (Å²) in [6.45, 7) is 6.06. The lowest BCUT2D eigenvalue weighted by atomic mass is 10.0. The molecule has 0 aliphatic heterocycles. The van der Waals surface area contributed by atoms with Gasteiger partial charge in [0.15, 0.2) is 0 Å². The number of ether oxygens (including phenoxy) is 1. The van der Waals surface area contributed by atoms with Crippen molar-refractivity contribution in [3.63, 3.8) is 0 Å². The van der Waals surface area contributed by atoms with E-state index in [-0.39, 0.29) is 12.2 Å². The van der Waals surface area contributed by atoms with E-state index in [4.69, 9.17) is 4.74 Å². The number of methoxy groups -OCH3 is 1. The number of aliphatic hydroxyl groups excluding tert-OH is 1. The number of aliphatic hydroxyl groups is 1. The molecule has 1 N–H and O–H groups in total. The summed E-state index contributed by atoms with van der Waals surface area (Å²) in [5, 5.41) is 9.36. The van der Waals surface area contributed by atoms with Gasteiger partial charge in [0.25, 0.3) is 0 Å². The highest BCUT2D eigenvalue weighted by atomic mass is 16.5. The summed E-state index contributed by atoms with van der Waals surface area (Å²) in [7, 11) is 1.62. The molecule has 0 aromatic heterocycles. The SMILES string of the molecule is COC(C)C(O)CC(C)C. The van der Waals surface area contributed by atoms with Crippen LogP contribution in [0.4, 0.5) is 0 Å². The van der Waals surface area contributed by atoms with Crippen LogP contribution in [0.5, 0.6) is 0 Å². The molecular weight excluding hydrogens is 128 g/mol. The second-order valence-corrected chi connectivity index (χ2v) is 3.14. The van der Waals surface area contributed by atoms with Gasteiger partial charge >= 0.3 is 0 Å². The van der Waals surface area contributed by atoms with Gasteiger partial charge in [0, 0.05) is 7.11 Å². The fraction of sp³-hybridized carbons (Fsp3) is 1.00. The first kappa shape index (κ1) is 9.92. The Labute approximate surface area is 63.2 Å². The monoisotopic (exact) mass is 146 g/mol. The van der Waals surface area contributed by atoms with Crippen LogP contribution in [0.1, 0.15) is 27.2 Å². The zero-order valence-electron chi connectivity index (χ0n) is 7.29. The molecular formula is C8H18O2. The fourth-order valence-electron chi connectivity index (χ4n) is 0.832. The molecule has 62 valence electrons. The normalized spacial score (nSPS) is 17.4. The molecule has 0 aliphatic carbocycles. The Bertz CT molecular complexity index is 81.3. The van der Waals surface area contributed by atoms with Gasteiger partial charge < -0.3 is 9.84 Å². The summed E-state index contributed by atoms with van der Waals surface area (Å²) in [5.41, 5.74) is 0. The van der Waals surface area contributed by atoms with E-state index in [0.717, 1.165) is 6.42 Å². The smallest absolute Gasteiger partial charge is 0.0802 e. The predicted octanol–water partition coefficient (Wildman–Crippen LogP) is 1.43. The molecule has 0 aromatic carbocycles. The minimum absolute atomic E-state index is 0.0394. The van der Waals surface area contributed by atoms with Crippen LogP contribution in [0.25, 0.3) is 0 Å². The van der Waals surface area contributed by atoms with Gasteiger partial charge in [-0.1, -0.05) is 13.8 Å². The number of hydrogen-bond acceptors (Lipinski definition) is 2. The Morgan fingerprint density at radius 1 is 1.30 bits per heavy atom. The van der Waals surface area contributed by atoms with E-state index < -0.39 is 0 Å². The molecule has 0 fully saturated rings. The van der Waals surface area contributed by atoms with E-state index in [1.807, 2.05) is 6.92 Å². The van der Waals surface area contributed by atoms with Gasteiger partial charge in [-0.2, -0.15) is 0 Å². The molecule has 10 heavy (non-hydrogen) atoms. The van der Waals surface area contributed by atoms with Crippen molar-refractivity contribution in [2.45, 2.75) is 39.4 Å². The van der Waals surface area contributed by atoms with E-state index in [1.54, 1.807) is 7.11 Å². The lowest BCUT2D eigenvalue weighted by Crippen LogP contribution is -2.26. The van der Waals surface area contributed by atoms with E-state index in [1.165, 1.54) is 0 Å². The summed E-state index contributed by atoms with van der Waals surface area (Å²) in [6.07, 6.45) is 0.460. The highest BCUT2D eigenvalue weighted by Gasteiger charge is 2.13. The highest BCUT2D eigenvalue weighted by Crippen LogP contribution is 2.09. The van der Waals surface area contributed by atoms with Gasteiger partial charge in [0.05, 0.1) is 12.2 Å². The van der Waals surface area contributed by atoms with Crippen molar-refractivity contribution in [3.8, 4) is 0 Å². The minimum atomic E-state index is -0.315. The summed E-state index contributed by atoms with van der Waals surface area (Å²) in [5.74, 6) is 0.535. The van der Waals surface area contributed by atoms with Crippen molar-refractivity contribution in [3.05, 3.63) is 0 Å². The van der Waals surface area contributed by atoms with E-state index in [9.17, 15) is 5.11 Å². The van der Waals surface area contributed by atoms with Crippen LogP contribution in [-0.2, 0) is 4.74 Å². The number of rotatable bonds is 4. The van der Waals surface area contributed by atoms with Crippen LogP contribution in [-0.4, -0.2) is 24.4 Å². The summed E-state index contributed by atoms with van der Waals surface area (Å²) >= 11 is 0. The first-order valence-electron chi connectivity index (χ1n) is 3.78. The Morgan fingerprint density at radius 3 is 2.10 bits per heavy atom. The lowest BCUT2D eigenvalue weighted by Gasteiger charge is -2.18. The Kier molecular flexibility index (Phi) is 4.65. The Morgan fingerprint density at radius 2 is 1.80 bits per heavy atom. The van der Waals surface area contributed by atoms with E-state index in [2.05, 4.69) is 13.8 Å². The summed E-state index contributed by atoms with van der Waals surface area (Å²) in [6, 6.07) is 0. The fourth-order valence-corrected chi connectivity index (χ4v) is 0.832. The van der Waals surface area contributed by atoms with Gasteiger partial charge in [0.2, 0.25) is 0 Å². The predicted molar refractivity (Wildman–Crippen MR) is 41.9 cm³/mol. The molecule has 2 unspecified atom stereocenters. The third-order valence-electron chi connectivity index (χ3n) is 1.63. The van der Waals surface area contributed by atoms with Crippen molar-refractivity contribution >= 4 is 0 Å². The largest absolute Gasteiger partial charge is 0.390 e. The molecule has 0 aliphatic rings. The van der Waals surface area contributed by atoms with Crippen molar-refractivity contribution in [1.82, 2.24) is 0 Å². The van der Waals surface area contributed by atoms with Gasteiger partial charge in [-0.05, 0) is 19.3 Å². The first-order chi connectivity index (χ1) is 4.57. The standard InChI is InChI=1S/C8H18O2/c1-6(2)5-8(9)7(3)10-4/h6-9H,5H2,1-4H3. The quantitative estimate of drug-likeness (QED) is 0.650. The van der Waals surface area contributed by atoms with Gasteiger partial charge in [-0.15, -0.1) is 0 Å². The zero-order chi connectivity index (χ0) is 8.15. The lowest BCUT2D eigenvalue weighted by molar-refractivity contribution is -0.00993. The van der Waals surface area contributed by atoms with Crippen molar-refractivity contribution in [1.29, 1.82) is 0 Å². The third-order valence-corrected chi connectivity index (χ3v) is 1.63. The van der Waals surface area contributed by atoms with Gasteiger partial charge in [0.1, 0.15) is 0 Å². The molecule has 0 saturated heterocycles. The van der Waals surface area contributed by atoms with Gasteiger partial charge in [-0.3, -0.25) is 0 Å². The molecule has 2 nitrogen and oxygen atoms in total. The third kappa shape index (κ3) is 3.85. The molecule has 0 bridgehead atoms.